The minimum Gasteiger partial charge on any atom is -0.376 e. The minimum absolute atomic E-state index is 0.145. The second kappa shape index (κ2) is 9.45. The SMILES string of the molecule is O=C(CNc1cc(F)cc(F)c1)Nc1ccccc1C(=O)NCc1ccccc1. The van der Waals surface area contributed by atoms with Crippen LogP contribution in [0.25, 0.3) is 0 Å². The zero-order chi connectivity index (χ0) is 20.6. The Balaban J connectivity index is 1.60. The fourth-order valence-corrected chi connectivity index (χ4v) is 2.70. The first-order valence-electron chi connectivity index (χ1n) is 8.92. The summed E-state index contributed by atoms with van der Waals surface area (Å²) >= 11 is 0. The Morgan fingerprint density at radius 3 is 2.21 bits per heavy atom. The van der Waals surface area contributed by atoms with Gasteiger partial charge in [0.2, 0.25) is 5.91 Å². The molecule has 0 aromatic heterocycles. The summed E-state index contributed by atoms with van der Waals surface area (Å²) in [5.74, 6) is -2.27. The molecule has 7 heteroatoms. The number of para-hydroxylation sites is 1. The third kappa shape index (κ3) is 5.87. The Morgan fingerprint density at radius 1 is 0.828 bits per heavy atom. The number of amides is 2. The third-order valence-corrected chi connectivity index (χ3v) is 4.06. The third-order valence-electron chi connectivity index (χ3n) is 4.06. The summed E-state index contributed by atoms with van der Waals surface area (Å²) in [6.45, 7) is 0.136. The van der Waals surface area contributed by atoms with Crippen LogP contribution in [0.2, 0.25) is 0 Å². The lowest BCUT2D eigenvalue weighted by molar-refractivity contribution is -0.114. The summed E-state index contributed by atoms with van der Waals surface area (Å²) in [6, 6.07) is 19.0. The number of nitrogens with one attached hydrogen (secondary N) is 3. The summed E-state index contributed by atoms with van der Waals surface area (Å²) in [6.07, 6.45) is 0. The first-order valence-corrected chi connectivity index (χ1v) is 8.92. The van der Waals surface area contributed by atoms with E-state index in [1.165, 1.54) is 0 Å². The summed E-state index contributed by atoms with van der Waals surface area (Å²) in [4.78, 5) is 24.7. The number of hydrogen-bond donors (Lipinski definition) is 3. The van der Waals surface area contributed by atoms with Crippen molar-refractivity contribution in [1.82, 2.24) is 5.32 Å². The van der Waals surface area contributed by atoms with Gasteiger partial charge < -0.3 is 16.0 Å². The van der Waals surface area contributed by atoms with Crippen molar-refractivity contribution in [3.8, 4) is 0 Å². The predicted molar refractivity (Wildman–Crippen MR) is 108 cm³/mol. The molecule has 0 heterocycles. The summed E-state index contributed by atoms with van der Waals surface area (Å²) in [5.41, 5.74) is 1.75. The maximum Gasteiger partial charge on any atom is 0.253 e. The van der Waals surface area contributed by atoms with Crippen molar-refractivity contribution < 1.29 is 18.4 Å². The monoisotopic (exact) mass is 395 g/mol. The number of rotatable bonds is 7. The molecule has 0 fully saturated rings. The van der Waals surface area contributed by atoms with Gasteiger partial charge in [0.05, 0.1) is 17.8 Å². The first kappa shape index (κ1) is 20.0. The van der Waals surface area contributed by atoms with Gasteiger partial charge in [0.1, 0.15) is 11.6 Å². The molecule has 3 N–H and O–H groups in total. The van der Waals surface area contributed by atoms with Crippen molar-refractivity contribution in [3.05, 3.63) is 95.6 Å². The van der Waals surface area contributed by atoms with E-state index in [-0.39, 0.29) is 18.1 Å². The average Bonchev–Trinajstić information content (AvgIpc) is 2.71. The maximum atomic E-state index is 13.2. The molecule has 0 unspecified atom stereocenters. The molecule has 0 saturated heterocycles. The number of benzene rings is 3. The van der Waals surface area contributed by atoms with Crippen LogP contribution in [0.3, 0.4) is 0 Å². The zero-order valence-corrected chi connectivity index (χ0v) is 15.4. The van der Waals surface area contributed by atoms with Gasteiger partial charge in [-0.05, 0) is 29.8 Å². The molecule has 0 bridgehead atoms. The number of carbonyl (C=O) groups excluding carboxylic acids is 2. The van der Waals surface area contributed by atoms with Gasteiger partial charge in [0, 0.05) is 18.3 Å². The lowest BCUT2D eigenvalue weighted by Gasteiger charge is -2.12. The minimum atomic E-state index is -0.742. The van der Waals surface area contributed by atoms with E-state index in [4.69, 9.17) is 0 Å². The highest BCUT2D eigenvalue weighted by Gasteiger charge is 2.13. The van der Waals surface area contributed by atoms with Gasteiger partial charge in [-0.1, -0.05) is 42.5 Å². The molecule has 3 aromatic carbocycles. The van der Waals surface area contributed by atoms with Crippen molar-refractivity contribution in [2.75, 3.05) is 17.2 Å². The summed E-state index contributed by atoms with van der Waals surface area (Å²) in [5, 5.41) is 8.10. The molecule has 3 aromatic rings. The molecular weight excluding hydrogens is 376 g/mol. The molecule has 0 radical (unpaired) electrons. The molecule has 5 nitrogen and oxygen atoms in total. The van der Waals surface area contributed by atoms with Gasteiger partial charge >= 0.3 is 0 Å². The molecule has 3 rings (SSSR count). The van der Waals surface area contributed by atoms with Crippen LogP contribution < -0.4 is 16.0 Å². The molecule has 2 amide bonds. The first-order chi connectivity index (χ1) is 14.0. The Morgan fingerprint density at radius 2 is 1.48 bits per heavy atom. The fourth-order valence-electron chi connectivity index (χ4n) is 2.70. The number of carbonyl (C=O) groups is 2. The Labute approximate surface area is 166 Å². The lowest BCUT2D eigenvalue weighted by Crippen LogP contribution is -2.26. The van der Waals surface area contributed by atoms with Crippen LogP contribution in [0.1, 0.15) is 15.9 Å². The molecular formula is C22H19F2N3O2. The molecule has 0 spiro atoms. The van der Waals surface area contributed by atoms with Crippen LogP contribution in [-0.4, -0.2) is 18.4 Å². The highest BCUT2D eigenvalue weighted by Crippen LogP contribution is 2.16. The van der Waals surface area contributed by atoms with Crippen LogP contribution >= 0.6 is 0 Å². The molecule has 0 atom stereocenters. The van der Waals surface area contributed by atoms with Crippen molar-refractivity contribution in [3.63, 3.8) is 0 Å². The standard InChI is InChI=1S/C22H19F2N3O2/c23-16-10-17(24)12-18(11-16)25-14-21(28)27-20-9-5-4-8-19(20)22(29)26-13-15-6-2-1-3-7-15/h1-12,25H,13-14H2,(H,26,29)(H,27,28). The van der Waals surface area contributed by atoms with Gasteiger partial charge in [-0.25, -0.2) is 8.78 Å². The normalized spacial score (nSPS) is 10.3. The molecule has 0 aliphatic heterocycles. The van der Waals surface area contributed by atoms with Crippen molar-refractivity contribution >= 4 is 23.2 Å². The van der Waals surface area contributed by atoms with E-state index >= 15 is 0 Å². The predicted octanol–water partition coefficient (Wildman–Crippen LogP) is 3.95. The van der Waals surface area contributed by atoms with E-state index in [9.17, 15) is 18.4 Å². The highest BCUT2D eigenvalue weighted by molar-refractivity contribution is 6.04. The fraction of sp³-hybridized carbons (Fsp3) is 0.0909. The summed E-state index contributed by atoms with van der Waals surface area (Å²) in [7, 11) is 0. The number of halogens is 2. The van der Waals surface area contributed by atoms with E-state index in [2.05, 4.69) is 16.0 Å². The average molecular weight is 395 g/mol. The highest BCUT2D eigenvalue weighted by atomic mass is 19.1. The quantitative estimate of drug-likeness (QED) is 0.567. The van der Waals surface area contributed by atoms with E-state index in [1.807, 2.05) is 30.3 Å². The molecule has 0 aliphatic rings. The molecule has 29 heavy (non-hydrogen) atoms. The second-order valence-electron chi connectivity index (χ2n) is 6.27. The van der Waals surface area contributed by atoms with E-state index in [0.29, 0.717) is 17.8 Å². The number of hydrogen-bond acceptors (Lipinski definition) is 3. The van der Waals surface area contributed by atoms with Crippen LogP contribution in [0, 0.1) is 11.6 Å². The van der Waals surface area contributed by atoms with Crippen LogP contribution in [0.4, 0.5) is 20.2 Å². The van der Waals surface area contributed by atoms with E-state index < -0.39 is 17.5 Å². The molecule has 0 aliphatic carbocycles. The van der Waals surface area contributed by atoms with E-state index in [0.717, 1.165) is 23.8 Å². The molecule has 148 valence electrons. The van der Waals surface area contributed by atoms with Crippen LogP contribution in [0.5, 0.6) is 0 Å². The van der Waals surface area contributed by atoms with Gasteiger partial charge in [-0.15, -0.1) is 0 Å². The lowest BCUT2D eigenvalue weighted by atomic mass is 10.1. The maximum absolute atomic E-state index is 13.2. The van der Waals surface area contributed by atoms with Crippen LogP contribution in [0.15, 0.2) is 72.8 Å². The van der Waals surface area contributed by atoms with E-state index in [1.54, 1.807) is 24.3 Å². The van der Waals surface area contributed by atoms with Crippen molar-refractivity contribution in [2.45, 2.75) is 6.54 Å². The Bertz CT molecular complexity index is 990. The van der Waals surface area contributed by atoms with Crippen molar-refractivity contribution in [2.24, 2.45) is 0 Å². The van der Waals surface area contributed by atoms with Gasteiger partial charge in [-0.3, -0.25) is 9.59 Å². The second-order valence-corrected chi connectivity index (χ2v) is 6.27. The van der Waals surface area contributed by atoms with Gasteiger partial charge in [-0.2, -0.15) is 0 Å². The van der Waals surface area contributed by atoms with Crippen molar-refractivity contribution in [1.29, 1.82) is 0 Å². The van der Waals surface area contributed by atoms with Gasteiger partial charge in [0.25, 0.3) is 5.91 Å². The van der Waals surface area contributed by atoms with Crippen LogP contribution in [-0.2, 0) is 11.3 Å². The Hall–Kier alpha value is -3.74. The van der Waals surface area contributed by atoms with Gasteiger partial charge in [0.15, 0.2) is 0 Å². The Kier molecular flexibility index (Phi) is 6.52. The zero-order valence-electron chi connectivity index (χ0n) is 15.4. The smallest absolute Gasteiger partial charge is 0.253 e. The molecule has 0 saturated carbocycles. The topological polar surface area (TPSA) is 70.2 Å². The number of anilines is 2. The summed E-state index contributed by atoms with van der Waals surface area (Å²) < 4.78 is 26.4. The largest absolute Gasteiger partial charge is 0.376 e.